The van der Waals surface area contributed by atoms with Gasteiger partial charge in [0.1, 0.15) is 0 Å². The van der Waals surface area contributed by atoms with Gasteiger partial charge in [-0.2, -0.15) is 8.78 Å². The van der Waals surface area contributed by atoms with Crippen LogP contribution in [0.25, 0.3) is 0 Å². The van der Waals surface area contributed by atoms with Crippen molar-refractivity contribution in [3.63, 3.8) is 0 Å². The highest BCUT2D eigenvalue weighted by Crippen LogP contribution is 2.27. The molecule has 1 nitrogen and oxygen atoms in total. The van der Waals surface area contributed by atoms with Crippen LogP contribution in [0.1, 0.15) is 13.8 Å². The number of aliphatic hydroxyl groups is 1. The summed E-state index contributed by atoms with van der Waals surface area (Å²) < 4.78 is 34.7. The number of alkyl halides is 3. The standard InChI is InChI=1S/C4H7F3O/c1-3(2,5)4(6,7)8/h8H,1-2H3. The predicted octanol–water partition coefficient (Wildman–Crippen LogP) is 1.32. The molecule has 0 aromatic rings. The van der Waals surface area contributed by atoms with Crippen LogP contribution in [0.2, 0.25) is 0 Å². The minimum Gasteiger partial charge on any atom is -0.334 e. The van der Waals surface area contributed by atoms with E-state index in [0.29, 0.717) is 13.8 Å². The van der Waals surface area contributed by atoms with Crippen molar-refractivity contribution in [3.8, 4) is 0 Å². The highest BCUT2D eigenvalue weighted by Gasteiger charge is 2.45. The molecule has 0 atom stereocenters. The highest BCUT2D eigenvalue weighted by atomic mass is 19.3. The van der Waals surface area contributed by atoms with Crippen molar-refractivity contribution < 1.29 is 18.3 Å². The molecule has 0 fully saturated rings. The lowest BCUT2D eigenvalue weighted by Crippen LogP contribution is -2.38. The topological polar surface area (TPSA) is 20.2 Å². The Morgan fingerprint density at radius 3 is 1.25 bits per heavy atom. The maximum Gasteiger partial charge on any atom is 0.386 e. The molecule has 0 aromatic heterocycles. The molecule has 0 aromatic carbocycles. The molecule has 0 saturated carbocycles. The van der Waals surface area contributed by atoms with Crippen LogP contribution < -0.4 is 0 Å². The first-order chi connectivity index (χ1) is 3.25. The van der Waals surface area contributed by atoms with Gasteiger partial charge in [0.15, 0.2) is 5.67 Å². The third-order valence-electron chi connectivity index (χ3n) is 0.715. The van der Waals surface area contributed by atoms with Crippen molar-refractivity contribution in [3.05, 3.63) is 0 Å². The van der Waals surface area contributed by atoms with Crippen LogP contribution in [-0.4, -0.2) is 16.9 Å². The molecule has 0 aliphatic heterocycles. The molecule has 0 bridgehead atoms. The Morgan fingerprint density at radius 1 is 1.12 bits per heavy atom. The van der Waals surface area contributed by atoms with E-state index in [0.717, 1.165) is 0 Å². The summed E-state index contributed by atoms with van der Waals surface area (Å²) in [7, 11) is 0. The van der Waals surface area contributed by atoms with Crippen molar-refractivity contribution in [2.45, 2.75) is 25.6 Å². The summed E-state index contributed by atoms with van der Waals surface area (Å²) in [6.45, 7) is 1.21. The van der Waals surface area contributed by atoms with E-state index in [1.54, 1.807) is 0 Å². The van der Waals surface area contributed by atoms with E-state index in [4.69, 9.17) is 5.11 Å². The zero-order chi connectivity index (χ0) is 7.00. The monoisotopic (exact) mass is 128 g/mol. The normalized spacial score (nSPS) is 14.2. The zero-order valence-corrected chi connectivity index (χ0v) is 4.58. The van der Waals surface area contributed by atoms with Crippen LogP contribution >= 0.6 is 0 Å². The van der Waals surface area contributed by atoms with Gasteiger partial charge < -0.3 is 5.11 Å². The van der Waals surface area contributed by atoms with Gasteiger partial charge in [0.05, 0.1) is 0 Å². The average Bonchev–Trinajstić information content (AvgIpc) is 1.25. The Balaban J connectivity index is 4.02. The van der Waals surface area contributed by atoms with Crippen molar-refractivity contribution in [2.75, 3.05) is 0 Å². The van der Waals surface area contributed by atoms with Crippen LogP contribution in [0.4, 0.5) is 13.2 Å². The molecule has 0 radical (unpaired) electrons. The maximum absolute atomic E-state index is 11.9. The number of rotatable bonds is 1. The lowest BCUT2D eigenvalue weighted by Gasteiger charge is -2.19. The SMILES string of the molecule is CC(C)(F)C(O)(F)F. The molecule has 4 heteroatoms. The van der Waals surface area contributed by atoms with Crippen LogP contribution in [0.3, 0.4) is 0 Å². The second kappa shape index (κ2) is 1.62. The molecule has 0 heterocycles. The quantitative estimate of drug-likeness (QED) is 0.564. The lowest BCUT2D eigenvalue weighted by molar-refractivity contribution is -0.271. The first kappa shape index (κ1) is 7.75. The van der Waals surface area contributed by atoms with Gasteiger partial charge in [-0.15, -0.1) is 0 Å². The van der Waals surface area contributed by atoms with E-state index in [2.05, 4.69) is 0 Å². The van der Waals surface area contributed by atoms with Gasteiger partial charge in [-0.25, -0.2) is 4.39 Å². The molecular weight excluding hydrogens is 121 g/mol. The molecular formula is C4H7F3O. The molecule has 0 unspecified atom stereocenters. The van der Waals surface area contributed by atoms with Crippen molar-refractivity contribution in [2.24, 2.45) is 0 Å². The van der Waals surface area contributed by atoms with Gasteiger partial charge in [0.2, 0.25) is 0 Å². The molecule has 50 valence electrons. The van der Waals surface area contributed by atoms with Crippen LogP contribution in [0, 0.1) is 0 Å². The van der Waals surface area contributed by atoms with Gasteiger partial charge >= 0.3 is 6.11 Å². The van der Waals surface area contributed by atoms with Gasteiger partial charge in [-0.3, -0.25) is 0 Å². The molecule has 0 aliphatic carbocycles. The minimum atomic E-state index is -4.23. The third kappa shape index (κ3) is 1.69. The molecule has 0 rings (SSSR count). The van der Waals surface area contributed by atoms with Crippen LogP contribution in [0.5, 0.6) is 0 Å². The second-order valence-electron chi connectivity index (χ2n) is 2.01. The minimum absolute atomic E-state index is 0.604. The van der Waals surface area contributed by atoms with Gasteiger partial charge in [-0.1, -0.05) is 0 Å². The van der Waals surface area contributed by atoms with Crippen LogP contribution in [0.15, 0.2) is 0 Å². The summed E-state index contributed by atoms with van der Waals surface area (Å²) in [5, 5.41) is 7.65. The van der Waals surface area contributed by atoms with Crippen LogP contribution in [-0.2, 0) is 0 Å². The summed E-state index contributed by atoms with van der Waals surface area (Å²) in [5.41, 5.74) is -2.84. The summed E-state index contributed by atoms with van der Waals surface area (Å²) >= 11 is 0. The van der Waals surface area contributed by atoms with E-state index in [1.165, 1.54) is 0 Å². The maximum atomic E-state index is 11.9. The third-order valence-corrected chi connectivity index (χ3v) is 0.715. The number of halogens is 3. The molecule has 0 saturated heterocycles. The summed E-state index contributed by atoms with van der Waals surface area (Å²) in [6, 6.07) is 0. The lowest BCUT2D eigenvalue weighted by atomic mass is 10.1. The van der Waals surface area contributed by atoms with Crippen molar-refractivity contribution in [1.29, 1.82) is 0 Å². The second-order valence-corrected chi connectivity index (χ2v) is 2.01. The first-order valence-electron chi connectivity index (χ1n) is 2.04. The van der Waals surface area contributed by atoms with Gasteiger partial charge in [-0.05, 0) is 13.8 Å². The van der Waals surface area contributed by atoms with E-state index >= 15 is 0 Å². The first-order valence-corrected chi connectivity index (χ1v) is 2.04. The van der Waals surface area contributed by atoms with Crippen molar-refractivity contribution >= 4 is 0 Å². The Morgan fingerprint density at radius 2 is 1.25 bits per heavy atom. The zero-order valence-electron chi connectivity index (χ0n) is 4.58. The van der Waals surface area contributed by atoms with E-state index < -0.39 is 11.8 Å². The van der Waals surface area contributed by atoms with E-state index in [-0.39, 0.29) is 0 Å². The molecule has 8 heavy (non-hydrogen) atoms. The number of hydrogen-bond donors (Lipinski definition) is 1. The number of hydrogen-bond acceptors (Lipinski definition) is 1. The van der Waals surface area contributed by atoms with E-state index in [9.17, 15) is 13.2 Å². The molecule has 0 amide bonds. The smallest absolute Gasteiger partial charge is 0.334 e. The molecule has 0 aliphatic rings. The highest BCUT2D eigenvalue weighted by molar-refractivity contribution is 4.74. The Hall–Kier alpha value is -0.250. The van der Waals surface area contributed by atoms with Gasteiger partial charge in [0.25, 0.3) is 0 Å². The molecule has 0 spiro atoms. The average molecular weight is 128 g/mol. The Labute approximate surface area is 45.1 Å². The van der Waals surface area contributed by atoms with Gasteiger partial charge in [0, 0.05) is 0 Å². The summed E-state index contributed by atoms with van der Waals surface area (Å²) in [6.07, 6.45) is -4.23. The fraction of sp³-hybridized carbons (Fsp3) is 1.00. The molecule has 1 N–H and O–H groups in total. The largest absolute Gasteiger partial charge is 0.386 e. The Bertz CT molecular complexity index is 66.3. The van der Waals surface area contributed by atoms with Crippen molar-refractivity contribution in [1.82, 2.24) is 0 Å². The Kier molecular flexibility index (Phi) is 1.57. The van der Waals surface area contributed by atoms with E-state index in [1.807, 2.05) is 0 Å². The predicted molar refractivity (Wildman–Crippen MR) is 22.4 cm³/mol. The summed E-state index contributed by atoms with van der Waals surface area (Å²) in [5.74, 6) is 0. The fourth-order valence-electron chi connectivity index (χ4n) is 0. The fourth-order valence-corrected chi connectivity index (χ4v) is 0. The summed E-state index contributed by atoms with van der Waals surface area (Å²) in [4.78, 5) is 0.